The number of hydrogen-bond acceptors (Lipinski definition) is 11. The minimum atomic E-state index is -0.546. The highest BCUT2D eigenvalue weighted by molar-refractivity contribution is 6.45. The zero-order valence-electron chi connectivity index (χ0n) is 38.4. The number of benzene rings is 2. The summed E-state index contributed by atoms with van der Waals surface area (Å²) in [7, 11) is -0.546. The molecule has 348 valence electrons. The van der Waals surface area contributed by atoms with Crippen LogP contribution in [0.4, 0.5) is 11.6 Å². The second-order valence-electron chi connectivity index (χ2n) is 19.8. The molecule has 2 aliphatic carbocycles. The number of nitrogens with zero attached hydrogens (tertiary/aromatic N) is 8. The van der Waals surface area contributed by atoms with Gasteiger partial charge in [-0.05, 0) is 95.3 Å². The predicted molar refractivity (Wildman–Crippen MR) is 264 cm³/mol. The van der Waals surface area contributed by atoms with E-state index < -0.39 is 7.05 Å². The van der Waals surface area contributed by atoms with Crippen molar-refractivity contribution in [3.8, 4) is 0 Å². The molecule has 2 aromatic carbocycles. The molecule has 2 aromatic heterocycles. The zero-order chi connectivity index (χ0) is 43.3. The fourth-order valence-corrected chi connectivity index (χ4v) is 12.1. The van der Waals surface area contributed by atoms with Gasteiger partial charge in [0, 0.05) is 88.6 Å². The van der Waals surface area contributed by atoms with Gasteiger partial charge in [0.05, 0.1) is 22.1 Å². The first-order valence-electron chi connectivity index (χ1n) is 25.0. The number of rotatable bonds is 8. The van der Waals surface area contributed by atoms with E-state index in [-0.39, 0.29) is 47.7 Å². The Morgan fingerprint density at radius 1 is 0.562 bits per heavy atom. The van der Waals surface area contributed by atoms with E-state index in [1.807, 2.05) is 42.5 Å². The van der Waals surface area contributed by atoms with E-state index in [2.05, 4.69) is 40.0 Å². The van der Waals surface area contributed by atoms with Crippen molar-refractivity contribution < 1.29 is 5.02 Å². The van der Waals surface area contributed by atoms with Gasteiger partial charge < -0.3 is 44.7 Å². The Hall–Kier alpha value is -3.53. The van der Waals surface area contributed by atoms with E-state index in [0.717, 1.165) is 118 Å². The van der Waals surface area contributed by atoms with E-state index >= 15 is 0 Å². The Kier molecular flexibility index (Phi) is 16.0. The lowest BCUT2D eigenvalue weighted by Gasteiger charge is -2.38. The third-order valence-electron chi connectivity index (χ3n) is 15.5. The number of likely N-dealkylation sites (tertiary alicyclic amines) is 2. The molecule has 2 saturated carbocycles. The van der Waals surface area contributed by atoms with Crippen LogP contribution in [-0.4, -0.2) is 118 Å². The number of anilines is 2. The highest BCUT2D eigenvalue weighted by Crippen LogP contribution is 2.33. The van der Waals surface area contributed by atoms with Crippen LogP contribution in [-0.2, 0) is 0 Å². The van der Waals surface area contributed by atoms with Gasteiger partial charge in [-0.15, -0.1) is 12.4 Å². The Labute approximate surface area is 386 Å². The van der Waals surface area contributed by atoms with Crippen molar-refractivity contribution in [2.75, 3.05) is 62.2 Å². The molecule has 0 amide bonds. The molecular weight excluding hydrogens is 823 g/mol. The van der Waals surface area contributed by atoms with Crippen molar-refractivity contribution in [1.82, 2.24) is 34.1 Å². The molecule has 0 spiro atoms. The lowest BCUT2D eigenvalue weighted by atomic mass is 9.87. The van der Waals surface area contributed by atoms with Crippen LogP contribution in [0.25, 0.3) is 22.1 Å². The fraction of sp³-hybridized carbons (Fsp3) is 0.673. The van der Waals surface area contributed by atoms with Crippen molar-refractivity contribution in [2.24, 2.45) is 5.73 Å². The van der Waals surface area contributed by atoms with Crippen LogP contribution >= 0.6 is 12.4 Å². The van der Waals surface area contributed by atoms with E-state index in [1.54, 1.807) is 6.82 Å². The van der Waals surface area contributed by atoms with Crippen LogP contribution in [0.2, 0.25) is 6.82 Å². The smallest absolute Gasteiger partial charge is 0.373 e. The zero-order valence-corrected chi connectivity index (χ0v) is 39.2. The second-order valence-corrected chi connectivity index (χ2v) is 19.8. The Morgan fingerprint density at radius 2 is 0.984 bits per heavy atom. The first-order chi connectivity index (χ1) is 30.8. The van der Waals surface area contributed by atoms with Gasteiger partial charge in [0.2, 0.25) is 0 Å². The van der Waals surface area contributed by atoms with E-state index in [1.165, 1.54) is 77.0 Å². The standard InChI is InChI=1S/C25H38BN5O2.C24H35N5O.ClH/c1-26(33)28-19-12-15-30(18-19)24-25(32)31(23-11-7-6-10-22(23)27-24)21-13-16-29(17-14-21)20-8-4-2-3-5-9-20;25-18-11-14-28(17-18)23-24(30)29(22-10-6-5-9-21(22)26-23)20-12-15-27(16-13-20)19-7-3-1-2-4-8-19;/h6-7,10-11,19-21,28,33H,2-5,8-9,12-18H2,1H3;5-6,9-10,18-20H,1-4,7-8,11-17,25H2;1H/t19-;18-;/m00./s1. The van der Waals surface area contributed by atoms with Crippen LogP contribution in [0.5, 0.6) is 0 Å². The van der Waals surface area contributed by atoms with Gasteiger partial charge in [-0.3, -0.25) is 9.59 Å². The van der Waals surface area contributed by atoms with Gasteiger partial charge in [0.25, 0.3) is 11.1 Å². The molecule has 6 aliphatic rings. The van der Waals surface area contributed by atoms with Gasteiger partial charge in [0.1, 0.15) is 0 Å². The number of fused-ring (bicyclic) bond motifs is 2. The maximum Gasteiger partial charge on any atom is 0.373 e. The van der Waals surface area contributed by atoms with Crippen molar-refractivity contribution in [1.29, 1.82) is 0 Å². The Balaban J connectivity index is 0.000000173. The molecule has 2 atom stereocenters. The number of piperidine rings is 2. The largest absolute Gasteiger partial charge is 0.437 e. The topological polar surface area (TPSA) is 141 Å². The fourth-order valence-electron chi connectivity index (χ4n) is 12.1. The van der Waals surface area contributed by atoms with Crippen molar-refractivity contribution >= 4 is 53.2 Å². The first-order valence-corrected chi connectivity index (χ1v) is 25.0. The number of nitrogens with one attached hydrogen (secondary N) is 1. The molecule has 6 heterocycles. The first kappa shape index (κ1) is 47.0. The highest BCUT2D eigenvalue weighted by atomic mass is 35.5. The lowest BCUT2D eigenvalue weighted by molar-refractivity contribution is 0.124. The molecule has 0 unspecified atom stereocenters. The molecule has 4 aliphatic heterocycles. The van der Waals surface area contributed by atoms with Crippen molar-refractivity contribution in [3.63, 3.8) is 0 Å². The molecule has 0 bridgehead atoms. The summed E-state index contributed by atoms with van der Waals surface area (Å²) in [5.41, 5.74) is 9.97. The van der Waals surface area contributed by atoms with Crippen LogP contribution in [0.1, 0.15) is 128 Å². The molecule has 10 rings (SSSR count). The molecule has 0 radical (unpaired) electrons. The lowest BCUT2D eigenvalue weighted by Crippen LogP contribution is -2.44. The SMILES string of the molecule is CB(O)N[C@H]1CCN(c2nc3ccccc3n(C3CCN(C4CCCCCC4)CC3)c2=O)C1.Cl.N[C@H]1CCN(c2nc3ccccc3n(C3CCN(C4CCCCCC4)CC3)c2=O)C1. The highest BCUT2D eigenvalue weighted by Gasteiger charge is 2.33. The third-order valence-corrected chi connectivity index (χ3v) is 15.5. The van der Waals surface area contributed by atoms with E-state index in [0.29, 0.717) is 18.2 Å². The number of hydrogen-bond donors (Lipinski definition) is 3. The molecule has 4 aromatic rings. The summed E-state index contributed by atoms with van der Waals surface area (Å²) in [6, 6.07) is 18.5. The van der Waals surface area contributed by atoms with Gasteiger partial charge in [-0.1, -0.05) is 75.6 Å². The van der Waals surface area contributed by atoms with Gasteiger partial charge >= 0.3 is 7.05 Å². The maximum atomic E-state index is 13.8. The summed E-state index contributed by atoms with van der Waals surface area (Å²) in [5, 5.41) is 12.9. The number of aromatic nitrogens is 4. The number of nitrogens with two attached hydrogens (primary N) is 1. The molecule has 4 saturated heterocycles. The average Bonchev–Trinajstić information content (AvgIpc) is 3.72. The van der Waals surface area contributed by atoms with Crippen LogP contribution in [0.15, 0.2) is 58.1 Å². The Morgan fingerprint density at radius 3 is 1.41 bits per heavy atom. The van der Waals surface area contributed by atoms with E-state index in [9.17, 15) is 14.6 Å². The van der Waals surface area contributed by atoms with Gasteiger partial charge in [0.15, 0.2) is 11.6 Å². The average molecular weight is 897 g/mol. The second kappa shape index (κ2) is 21.8. The molecular formula is C49H74BClN10O3. The third kappa shape index (κ3) is 10.7. The van der Waals surface area contributed by atoms with Gasteiger partial charge in [-0.2, -0.15) is 0 Å². The summed E-state index contributed by atoms with van der Waals surface area (Å²) in [6.07, 6.45) is 22.4. The summed E-state index contributed by atoms with van der Waals surface area (Å²) in [4.78, 5) is 46.6. The molecule has 13 nitrogen and oxygen atoms in total. The monoisotopic (exact) mass is 897 g/mol. The Bertz CT molecular complexity index is 2240. The summed E-state index contributed by atoms with van der Waals surface area (Å²) in [6.45, 7) is 9.13. The normalized spacial score (nSPS) is 24.0. The van der Waals surface area contributed by atoms with Crippen LogP contribution < -0.4 is 31.9 Å². The number of halogens is 1. The molecule has 64 heavy (non-hydrogen) atoms. The van der Waals surface area contributed by atoms with Crippen LogP contribution in [0.3, 0.4) is 0 Å². The van der Waals surface area contributed by atoms with Crippen molar-refractivity contribution in [3.05, 3.63) is 69.2 Å². The van der Waals surface area contributed by atoms with Gasteiger partial charge in [-0.25, -0.2) is 9.97 Å². The van der Waals surface area contributed by atoms with Crippen LogP contribution in [0, 0.1) is 0 Å². The minimum absolute atomic E-state index is 0. The summed E-state index contributed by atoms with van der Waals surface area (Å²) >= 11 is 0. The quantitative estimate of drug-likeness (QED) is 0.128. The summed E-state index contributed by atoms with van der Waals surface area (Å²) in [5.74, 6) is 1.16. The maximum absolute atomic E-state index is 13.8. The minimum Gasteiger partial charge on any atom is -0.437 e. The predicted octanol–water partition coefficient (Wildman–Crippen LogP) is 6.75. The molecule has 4 N–H and O–H groups in total. The number of para-hydroxylation sites is 4. The summed E-state index contributed by atoms with van der Waals surface area (Å²) < 4.78 is 4.11. The molecule has 6 fully saturated rings. The van der Waals surface area contributed by atoms with E-state index in [4.69, 9.17) is 15.7 Å². The van der Waals surface area contributed by atoms with Crippen molar-refractivity contribution in [2.45, 2.75) is 159 Å². The molecule has 15 heteroatoms.